The van der Waals surface area contributed by atoms with Crippen LogP contribution in [0.4, 0.5) is 0 Å². The van der Waals surface area contributed by atoms with E-state index >= 15 is 0 Å². The Bertz CT molecular complexity index is 136. The molecule has 0 aromatic carbocycles. The first-order valence-corrected chi connectivity index (χ1v) is 3.76. The zero-order valence-corrected chi connectivity index (χ0v) is 6.34. The second-order valence-electron chi connectivity index (χ2n) is 3.21. The Hall–Kier alpha value is -0.235. The van der Waals surface area contributed by atoms with Crippen LogP contribution >= 0.6 is 0 Å². The summed E-state index contributed by atoms with van der Waals surface area (Å²) in [6.45, 7) is 7.89. The molecule has 53 valence electrons. The summed E-state index contributed by atoms with van der Waals surface area (Å²) in [5.41, 5.74) is 1.48. The molecule has 3 aliphatic rings. The Labute approximate surface area is 64.7 Å². The number of hydrogen-bond donors (Lipinski definition) is 0. The average Bonchev–Trinajstić information content (AvgIpc) is 1.90. The van der Waals surface area contributed by atoms with Crippen molar-refractivity contribution in [2.45, 2.75) is 12.8 Å². The van der Waals surface area contributed by atoms with Gasteiger partial charge in [0.1, 0.15) is 0 Å². The van der Waals surface area contributed by atoms with E-state index < -0.39 is 0 Å². The highest BCUT2D eigenvalue weighted by atomic mass is 15.1. The molecule has 3 radical (unpaired) electrons. The predicted molar refractivity (Wildman–Crippen MR) is 44.1 cm³/mol. The van der Waals surface area contributed by atoms with E-state index in [2.05, 4.69) is 11.5 Å². The molecule has 0 aromatic rings. The fourth-order valence-electron chi connectivity index (χ4n) is 1.92. The quantitative estimate of drug-likeness (QED) is 0.351. The van der Waals surface area contributed by atoms with E-state index in [0.717, 1.165) is 5.92 Å². The summed E-state index contributed by atoms with van der Waals surface area (Å²) >= 11 is 0. The number of fused-ring (bicyclic) bond motifs is 3. The van der Waals surface area contributed by atoms with E-state index in [9.17, 15) is 0 Å². The first kappa shape index (κ1) is 7.87. The molecular formula is C8H13BN. The highest BCUT2D eigenvalue weighted by Crippen LogP contribution is 2.29. The maximum Gasteiger partial charge on any atom is 0.0192 e. The van der Waals surface area contributed by atoms with Gasteiger partial charge in [-0.3, -0.25) is 4.90 Å². The first-order chi connectivity index (χ1) is 4.36. The molecule has 0 amide bonds. The lowest BCUT2D eigenvalue weighted by atomic mass is 9.85. The van der Waals surface area contributed by atoms with E-state index in [0.29, 0.717) is 0 Å². The lowest BCUT2D eigenvalue weighted by Gasteiger charge is -2.40. The van der Waals surface area contributed by atoms with Gasteiger partial charge < -0.3 is 0 Å². The van der Waals surface area contributed by atoms with Gasteiger partial charge in [-0.15, -0.1) is 0 Å². The lowest BCUT2D eigenvalue weighted by molar-refractivity contribution is 0.162. The number of nitrogens with zero attached hydrogens (tertiary/aromatic N) is 1. The molecule has 3 fully saturated rings. The number of piperidine rings is 3. The van der Waals surface area contributed by atoms with Crippen LogP contribution in [0.2, 0.25) is 0 Å². The van der Waals surface area contributed by atoms with Gasteiger partial charge in [0.2, 0.25) is 0 Å². The molecule has 3 rings (SSSR count). The van der Waals surface area contributed by atoms with Crippen LogP contribution in [0.25, 0.3) is 0 Å². The molecule has 2 heteroatoms. The van der Waals surface area contributed by atoms with Gasteiger partial charge >= 0.3 is 0 Å². The summed E-state index contributed by atoms with van der Waals surface area (Å²) in [5, 5.41) is 0. The van der Waals surface area contributed by atoms with Crippen LogP contribution in [0.3, 0.4) is 0 Å². The fourth-order valence-corrected chi connectivity index (χ4v) is 1.92. The van der Waals surface area contributed by atoms with Crippen LogP contribution in [0.15, 0.2) is 12.2 Å². The molecule has 0 unspecified atom stereocenters. The van der Waals surface area contributed by atoms with Crippen LogP contribution in [-0.2, 0) is 0 Å². The second-order valence-corrected chi connectivity index (χ2v) is 3.21. The minimum atomic E-state index is 0. The number of hydrogen-bond acceptors (Lipinski definition) is 1. The van der Waals surface area contributed by atoms with Gasteiger partial charge in [-0.25, -0.2) is 0 Å². The van der Waals surface area contributed by atoms with Crippen molar-refractivity contribution in [3.63, 3.8) is 0 Å². The fraction of sp³-hybridized carbons (Fsp3) is 0.750. The lowest BCUT2D eigenvalue weighted by Crippen LogP contribution is -2.42. The van der Waals surface area contributed by atoms with Crippen molar-refractivity contribution in [1.29, 1.82) is 0 Å². The van der Waals surface area contributed by atoms with Gasteiger partial charge in [-0.05, 0) is 31.8 Å². The smallest absolute Gasteiger partial charge is 0.0192 e. The van der Waals surface area contributed by atoms with Gasteiger partial charge in [0.25, 0.3) is 0 Å². The van der Waals surface area contributed by atoms with E-state index in [1.54, 1.807) is 0 Å². The molecule has 0 aliphatic carbocycles. The Morgan fingerprint density at radius 3 is 2.10 bits per heavy atom. The van der Waals surface area contributed by atoms with Crippen molar-refractivity contribution < 1.29 is 0 Å². The molecule has 0 atom stereocenters. The van der Waals surface area contributed by atoms with Gasteiger partial charge in [0.05, 0.1) is 0 Å². The molecule has 0 N–H and O–H groups in total. The second kappa shape index (κ2) is 2.79. The van der Waals surface area contributed by atoms with E-state index in [4.69, 9.17) is 0 Å². The summed E-state index contributed by atoms with van der Waals surface area (Å²) in [7, 11) is 0. The van der Waals surface area contributed by atoms with Crippen LogP contribution in [0.1, 0.15) is 12.8 Å². The normalized spacial score (nSPS) is 37.4. The molecule has 3 heterocycles. The third kappa shape index (κ3) is 1.13. The molecule has 1 nitrogen and oxygen atoms in total. The van der Waals surface area contributed by atoms with Crippen LogP contribution in [-0.4, -0.2) is 32.9 Å². The zero-order valence-electron chi connectivity index (χ0n) is 6.34. The Morgan fingerprint density at radius 1 is 1.30 bits per heavy atom. The molecule has 2 bridgehead atoms. The van der Waals surface area contributed by atoms with Crippen LogP contribution in [0, 0.1) is 5.92 Å². The largest absolute Gasteiger partial charge is 0.299 e. The van der Waals surface area contributed by atoms with E-state index in [1.165, 1.54) is 38.0 Å². The highest BCUT2D eigenvalue weighted by molar-refractivity contribution is 5.75. The summed E-state index contributed by atoms with van der Waals surface area (Å²) in [5.74, 6) is 0.884. The van der Waals surface area contributed by atoms with Crippen LogP contribution < -0.4 is 0 Å². The molecule has 3 aliphatic heterocycles. The van der Waals surface area contributed by atoms with Gasteiger partial charge in [0.15, 0.2) is 0 Å². The predicted octanol–water partition coefficient (Wildman–Crippen LogP) is 0.887. The summed E-state index contributed by atoms with van der Waals surface area (Å²) < 4.78 is 0. The van der Waals surface area contributed by atoms with Crippen molar-refractivity contribution in [3.8, 4) is 0 Å². The zero-order chi connectivity index (χ0) is 6.27. The molecular weight excluding hydrogens is 121 g/mol. The van der Waals surface area contributed by atoms with Gasteiger partial charge in [0, 0.05) is 15.0 Å². The summed E-state index contributed by atoms with van der Waals surface area (Å²) in [4.78, 5) is 2.50. The van der Waals surface area contributed by atoms with Gasteiger partial charge in [-0.1, -0.05) is 12.2 Å². The third-order valence-corrected chi connectivity index (χ3v) is 2.59. The Kier molecular flexibility index (Phi) is 2.19. The summed E-state index contributed by atoms with van der Waals surface area (Å²) in [6, 6.07) is 0. The SMILES string of the molecule is C=C1CN2CCC1CC2.[B]. The summed E-state index contributed by atoms with van der Waals surface area (Å²) in [6.07, 6.45) is 2.75. The first-order valence-electron chi connectivity index (χ1n) is 3.76. The van der Waals surface area contributed by atoms with Crippen molar-refractivity contribution in [1.82, 2.24) is 4.90 Å². The third-order valence-electron chi connectivity index (χ3n) is 2.59. The molecule has 0 aromatic heterocycles. The Morgan fingerprint density at radius 2 is 1.90 bits per heavy atom. The van der Waals surface area contributed by atoms with E-state index in [1.807, 2.05) is 0 Å². The minimum Gasteiger partial charge on any atom is -0.299 e. The topological polar surface area (TPSA) is 3.24 Å². The van der Waals surface area contributed by atoms with E-state index in [-0.39, 0.29) is 8.41 Å². The van der Waals surface area contributed by atoms with Crippen molar-refractivity contribution in [3.05, 3.63) is 12.2 Å². The minimum absolute atomic E-state index is 0. The highest BCUT2D eigenvalue weighted by Gasteiger charge is 2.27. The van der Waals surface area contributed by atoms with Gasteiger partial charge in [-0.2, -0.15) is 0 Å². The molecule has 10 heavy (non-hydrogen) atoms. The molecule has 0 saturated carbocycles. The molecule has 3 saturated heterocycles. The van der Waals surface area contributed by atoms with Crippen LogP contribution in [0.5, 0.6) is 0 Å². The van der Waals surface area contributed by atoms with Crippen molar-refractivity contribution in [2.75, 3.05) is 19.6 Å². The Balaban J connectivity index is 0.000000500. The molecule has 0 spiro atoms. The maximum absolute atomic E-state index is 4.06. The number of rotatable bonds is 0. The van der Waals surface area contributed by atoms with Crippen molar-refractivity contribution in [2.24, 2.45) is 5.92 Å². The standard InChI is InChI=1S/C8H13N.B/c1-7-6-9-4-2-8(7)3-5-9;/h8H,1-6H2;. The maximum atomic E-state index is 4.06. The monoisotopic (exact) mass is 134 g/mol. The van der Waals surface area contributed by atoms with Crippen molar-refractivity contribution >= 4 is 8.41 Å². The average molecular weight is 134 g/mol.